The molecule has 2 aliphatic heterocycles. The number of hydrogen-bond donors (Lipinski definition) is 0. The zero-order chi connectivity index (χ0) is 14.5. The van der Waals surface area contributed by atoms with Crippen LogP contribution in [0, 0.1) is 0 Å². The van der Waals surface area contributed by atoms with Crippen LogP contribution in [0.5, 0.6) is 0 Å². The van der Waals surface area contributed by atoms with Gasteiger partial charge >= 0.3 is 0 Å². The highest BCUT2D eigenvalue weighted by atomic mass is 28.3. The molecule has 2 aliphatic rings. The predicted octanol–water partition coefficient (Wildman–Crippen LogP) is 3.22. The molecular weight excluding hydrogens is 292 g/mol. The van der Waals surface area contributed by atoms with Crippen molar-refractivity contribution in [2.24, 2.45) is 0 Å². The summed E-state index contributed by atoms with van der Waals surface area (Å²) < 4.78 is 12.2. The topological polar surface area (TPSA) is 18.5 Å². The van der Waals surface area contributed by atoms with E-state index in [-0.39, 0.29) is 0 Å². The molecule has 112 valence electrons. The minimum Gasteiger partial charge on any atom is -0.416 e. The lowest BCUT2D eigenvalue weighted by Gasteiger charge is -2.26. The molecule has 0 N–H and O–H groups in total. The van der Waals surface area contributed by atoms with E-state index < -0.39 is 18.1 Å². The highest BCUT2D eigenvalue weighted by Crippen LogP contribution is 2.20. The van der Waals surface area contributed by atoms with Crippen molar-refractivity contribution >= 4 is 29.3 Å². The molecule has 0 aliphatic carbocycles. The van der Waals surface area contributed by atoms with Crippen LogP contribution in [0.3, 0.4) is 0 Å². The van der Waals surface area contributed by atoms with Gasteiger partial charge in [0.25, 0.3) is 0 Å². The highest BCUT2D eigenvalue weighted by Gasteiger charge is 2.26. The van der Waals surface area contributed by atoms with Crippen LogP contribution in [0.1, 0.15) is 36.8 Å². The second kappa shape index (κ2) is 7.54. The van der Waals surface area contributed by atoms with Crippen LogP contribution in [-0.4, -0.2) is 31.3 Å². The van der Waals surface area contributed by atoms with E-state index in [4.69, 9.17) is 8.85 Å². The van der Waals surface area contributed by atoms with Gasteiger partial charge < -0.3 is 8.85 Å². The van der Waals surface area contributed by atoms with E-state index in [1.807, 2.05) is 6.08 Å². The molecule has 0 amide bonds. The van der Waals surface area contributed by atoms with Crippen LogP contribution < -0.4 is 5.19 Å². The minimum absolute atomic E-state index is 0.679. The standard InChI is InChI=1S/C17H24O2Si2/c1-2-15-8-7-9-17(21-13-6-4-11-19-21)16(15)14-20-12-5-3-10-18-20/h2,7-9H,1,3-6,10-14H2. The summed E-state index contributed by atoms with van der Waals surface area (Å²) in [6, 6.07) is 10.3. The van der Waals surface area contributed by atoms with Gasteiger partial charge in [0.15, 0.2) is 0 Å². The molecular formula is C17H24O2Si2. The highest BCUT2D eigenvalue weighted by molar-refractivity contribution is 6.68. The Labute approximate surface area is 131 Å². The molecule has 1 aromatic rings. The molecule has 4 heteroatoms. The van der Waals surface area contributed by atoms with Gasteiger partial charge in [0.05, 0.1) is 0 Å². The predicted molar refractivity (Wildman–Crippen MR) is 91.4 cm³/mol. The average molecular weight is 317 g/mol. The fourth-order valence-corrected chi connectivity index (χ4v) is 8.02. The van der Waals surface area contributed by atoms with E-state index in [0.29, 0.717) is 0 Å². The number of hydrogen-bond acceptors (Lipinski definition) is 2. The van der Waals surface area contributed by atoms with Gasteiger partial charge in [-0.15, -0.1) is 0 Å². The first kappa shape index (κ1) is 15.2. The van der Waals surface area contributed by atoms with Gasteiger partial charge in [-0.3, -0.25) is 0 Å². The molecule has 2 nitrogen and oxygen atoms in total. The van der Waals surface area contributed by atoms with Crippen molar-refractivity contribution in [3.63, 3.8) is 0 Å². The van der Waals surface area contributed by atoms with Crippen molar-refractivity contribution in [2.75, 3.05) is 13.2 Å². The average Bonchev–Trinajstić information content (AvgIpc) is 2.57. The van der Waals surface area contributed by atoms with E-state index in [1.165, 1.54) is 54.1 Å². The van der Waals surface area contributed by atoms with Gasteiger partial charge in [-0.1, -0.05) is 43.7 Å². The maximum atomic E-state index is 6.13. The third-order valence-corrected chi connectivity index (χ3v) is 9.04. The van der Waals surface area contributed by atoms with Crippen LogP contribution in [0.2, 0.25) is 12.1 Å². The van der Waals surface area contributed by atoms with Crippen molar-refractivity contribution in [2.45, 2.75) is 43.8 Å². The van der Waals surface area contributed by atoms with Crippen molar-refractivity contribution in [3.05, 3.63) is 35.9 Å². The summed E-state index contributed by atoms with van der Waals surface area (Å²) in [7, 11) is -1.50. The van der Waals surface area contributed by atoms with Gasteiger partial charge in [-0.05, 0) is 47.3 Å². The van der Waals surface area contributed by atoms with Crippen LogP contribution >= 0.6 is 0 Å². The summed E-state index contributed by atoms with van der Waals surface area (Å²) in [6.07, 6.45) is 7.13. The lowest BCUT2D eigenvalue weighted by Crippen LogP contribution is -2.40. The largest absolute Gasteiger partial charge is 0.416 e. The number of rotatable bonds is 4. The molecule has 0 spiro atoms. The lowest BCUT2D eigenvalue weighted by molar-refractivity contribution is 0.286. The molecule has 2 fully saturated rings. The van der Waals surface area contributed by atoms with E-state index >= 15 is 0 Å². The summed E-state index contributed by atoms with van der Waals surface area (Å²) in [5.74, 6) is 0. The lowest BCUT2D eigenvalue weighted by atomic mass is 10.1. The van der Waals surface area contributed by atoms with Crippen molar-refractivity contribution in [1.29, 1.82) is 0 Å². The summed E-state index contributed by atoms with van der Waals surface area (Å²) in [6.45, 7) is 5.92. The van der Waals surface area contributed by atoms with Gasteiger partial charge in [-0.2, -0.15) is 0 Å². The van der Waals surface area contributed by atoms with Crippen LogP contribution in [0.4, 0.5) is 0 Å². The first-order valence-corrected chi connectivity index (χ1v) is 11.5. The van der Waals surface area contributed by atoms with Crippen LogP contribution in [0.15, 0.2) is 24.8 Å². The van der Waals surface area contributed by atoms with Gasteiger partial charge in [-0.25, -0.2) is 0 Å². The van der Waals surface area contributed by atoms with Crippen molar-refractivity contribution in [1.82, 2.24) is 0 Å². The Kier molecular flexibility index (Phi) is 5.46. The van der Waals surface area contributed by atoms with Gasteiger partial charge in [0.1, 0.15) is 0 Å². The van der Waals surface area contributed by atoms with Crippen molar-refractivity contribution in [3.8, 4) is 0 Å². The second-order valence-electron chi connectivity index (χ2n) is 5.83. The summed E-state index contributed by atoms with van der Waals surface area (Å²) in [5.41, 5.74) is 2.78. The third-order valence-electron chi connectivity index (χ3n) is 4.34. The number of benzene rings is 1. The van der Waals surface area contributed by atoms with Crippen LogP contribution in [0.25, 0.3) is 6.08 Å². The maximum absolute atomic E-state index is 6.13. The maximum Gasteiger partial charge on any atom is 0.247 e. The third kappa shape index (κ3) is 3.75. The van der Waals surface area contributed by atoms with E-state index in [2.05, 4.69) is 24.8 Å². The quantitative estimate of drug-likeness (QED) is 0.794. The van der Waals surface area contributed by atoms with Crippen LogP contribution in [-0.2, 0) is 14.9 Å². The minimum atomic E-state index is -0.824. The summed E-state index contributed by atoms with van der Waals surface area (Å²) in [5, 5.41) is 1.49. The van der Waals surface area contributed by atoms with Crippen molar-refractivity contribution < 1.29 is 8.85 Å². The zero-order valence-electron chi connectivity index (χ0n) is 12.7. The van der Waals surface area contributed by atoms with E-state index in [1.54, 1.807) is 0 Å². The fraction of sp³-hybridized carbons (Fsp3) is 0.529. The second-order valence-corrected chi connectivity index (χ2v) is 10.2. The van der Waals surface area contributed by atoms with Gasteiger partial charge in [0.2, 0.25) is 18.1 Å². The molecule has 21 heavy (non-hydrogen) atoms. The molecule has 0 saturated carbocycles. The normalized spacial score (nSPS) is 21.3. The monoisotopic (exact) mass is 316 g/mol. The Morgan fingerprint density at radius 3 is 2.52 bits per heavy atom. The Morgan fingerprint density at radius 1 is 1.05 bits per heavy atom. The van der Waals surface area contributed by atoms with E-state index in [9.17, 15) is 0 Å². The molecule has 0 unspecified atom stereocenters. The Bertz CT molecular complexity index is 478. The first-order chi connectivity index (χ1) is 10.4. The Balaban J connectivity index is 1.85. The Hall–Kier alpha value is -0.686. The smallest absolute Gasteiger partial charge is 0.247 e. The molecule has 2 heterocycles. The molecule has 2 saturated heterocycles. The molecule has 0 bridgehead atoms. The van der Waals surface area contributed by atoms with E-state index in [0.717, 1.165) is 19.3 Å². The summed E-state index contributed by atoms with van der Waals surface area (Å²) >= 11 is 0. The zero-order valence-corrected chi connectivity index (χ0v) is 14.7. The first-order valence-electron chi connectivity index (χ1n) is 8.09. The Morgan fingerprint density at radius 2 is 1.86 bits per heavy atom. The summed E-state index contributed by atoms with van der Waals surface area (Å²) in [4.78, 5) is 0. The fourth-order valence-electron chi connectivity index (χ4n) is 3.17. The molecule has 1 aromatic carbocycles. The molecule has 0 atom stereocenters. The molecule has 2 radical (unpaired) electrons. The molecule has 0 aromatic heterocycles. The SMILES string of the molecule is C=Cc1cccc([Si]2CCCCO2)c1C[Si]1CCCCO1. The van der Waals surface area contributed by atoms with Gasteiger partial charge in [0, 0.05) is 13.2 Å². The molecule has 3 rings (SSSR count).